The average molecular weight is 754 g/mol. The predicted molar refractivity (Wildman–Crippen MR) is 247 cm³/mol. The van der Waals surface area contributed by atoms with Crippen LogP contribution >= 0.6 is 0 Å². The van der Waals surface area contributed by atoms with Gasteiger partial charge in [-0.25, -0.2) is 0 Å². The molecule has 276 valence electrons. The van der Waals surface area contributed by atoms with Gasteiger partial charge in [0.1, 0.15) is 22.3 Å². The highest BCUT2D eigenvalue weighted by atomic mass is 16.3. The lowest BCUT2D eigenvalue weighted by Crippen LogP contribution is -2.10. The minimum Gasteiger partial charge on any atom is -0.456 e. The highest BCUT2D eigenvalue weighted by molar-refractivity contribution is 6.28. The van der Waals surface area contributed by atoms with Crippen LogP contribution in [0.1, 0.15) is 0 Å². The van der Waals surface area contributed by atoms with Gasteiger partial charge < -0.3 is 13.7 Å². The Morgan fingerprint density at radius 3 is 1.47 bits per heavy atom. The number of rotatable bonds is 6. The normalized spacial score (nSPS) is 11.7. The van der Waals surface area contributed by atoms with Crippen LogP contribution in [0.15, 0.2) is 221 Å². The topological polar surface area (TPSA) is 29.5 Å². The van der Waals surface area contributed by atoms with Crippen LogP contribution in [-0.4, -0.2) is 0 Å². The molecule has 0 saturated heterocycles. The summed E-state index contributed by atoms with van der Waals surface area (Å²) in [6.45, 7) is 0. The Morgan fingerprint density at radius 2 is 0.729 bits per heavy atom. The highest BCUT2D eigenvalue weighted by Gasteiger charge is 2.20. The molecule has 2 heterocycles. The van der Waals surface area contributed by atoms with Crippen LogP contribution in [0, 0.1) is 0 Å². The third kappa shape index (κ3) is 5.44. The molecule has 0 spiro atoms. The molecule has 0 aliphatic carbocycles. The molecule has 0 aliphatic heterocycles. The Balaban J connectivity index is 0.919. The number of benzene rings is 10. The van der Waals surface area contributed by atoms with Gasteiger partial charge in [0.05, 0.1) is 5.69 Å². The summed E-state index contributed by atoms with van der Waals surface area (Å²) >= 11 is 0. The van der Waals surface area contributed by atoms with Crippen molar-refractivity contribution in [3.05, 3.63) is 212 Å². The van der Waals surface area contributed by atoms with Crippen LogP contribution in [0.4, 0.5) is 17.1 Å². The maximum atomic E-state index is 6.45. The Labute approximate surface area is 340 Å². The Hall–Kier alpha value is -7.88. The van der Waals surface area contributed by atoms with Gasteiger partial charge in [-0.2, -0.15) is 0 Å². The number of anilines is 3. The van der Waals surface area contributed by atoms with E-state index in [2.05, 4.69) is 193 Å². The zero-order valence-corrected chi connectivity index (χ0v) is 32.0. The molecule has 59 heavy (non-hydrogen) atoms. The molecule has 0 atom stereocenters. The van der Waals surface area contributed by atoms with Crippen molar-refractivity contribution >= 4 is 82.5 Å². The zero-order valence-electron chi connectivity index (χ0n) is 32.0. The molecule has 0 amide bonds. The first kappa shape index (κ1) is 33.3. The lowest BCUT2D eigenvalue weighted by Gasteiger charge is -2.27. The van der Waals surface area contributed by atoms with E-state index in [1.807, 2.05) is 24.3 Å². The van der Waals surface area contributed by atoms with Crippen molar-refractivity contribution in [2.45, 2.75) is 0 Å². The number of furan rings is 2. The van der Waals surface area contributed by atoms with Crippen LogP contribution in [0.5, 0.6) is 0 Å². The van der Waals surface area contributed by atoms with E-state index < -0.39 is 0 Å². The molecule has 0 aliphatic rings. The van der Waals surface area contributed by atoms with Gasteiger partial charge in [-0.15, -0.1) is 0 Å². The number of fused-ring (bicyclic) bond motifs is 9. The van der Waals surface area contributed by atoms with Gasteiger partial charge in [0.15, 0.2) is 0 Å². The SMILES string of the molecule is c1ccc2c(-c3ccc(N(c4ccc(-c5ccc(-c6cccc7oc8ccc9oc%10ccccc%10c9c8c67)cc5)cc4)c4cccc5ccccc45)cc3)cccc2c1. The van der Waals surface area contributed by atoms with Gasteiger partial charge in [0.2, 0.25) is 0 Å². The fourth-order valence-corrected chi connectivity index (χ4v) is 9.11. The summed E-state index contributed by atoms with van der Waals surface area (Å²) in [5.41, 5.74) is 13.8. The van der Waals surface area contributed by atoms with Gasteiger partial charge >= 0.3 is 0 Å². The molecule has 10 aromatic carbocycles. The summed E-state index contributed by atoms with van der Waals surface area (Å²) in [6, 6.07) is 75.8. The number of hydrogen-bond acceptors (Lipinski definition) is 3. The van der Waals surface area contributed by atoms with Gasteiger partial charge in [-0.3, -0.25) is 0 Å². The van der Waals surface area contributed by atoms with E-state index in [0.29, 0.717) is 0 Å². The summed E-state index contributed by atoms with van der Waals surface area (Å²) in [7, 11) is 0. The van der Waals surface area contributed by atoms with Crippen LogP contribution in [0.25, 0.3) is 98.8 Å². The monoisotopic (exact) mass is 753 g/mol. The van der Waals surface area contributed by atoms with Crippen molar-refractivity contribution in [3.63, 3.8) is 0 Å². The number of hydrogen-bond donors (Lipinski definition) is 0. The lowest BCUT2D eigenvalue weighted by atomic mass is 9.95. The molecule has 12 rings (SSSR count). The minimum absolute atomic E-state index is 0.863. The second kappa shape index (κ2) is 13.4. The van der Waals surface area contributed by atoms with Crippen molar-refractivity contribution in [2.75, 3.05) is 4.90 Å². The van der Waals surface area contributed by atoms with Crippen molar-refractivity contribution < 1.29 is 8.83 Å². The molecule has 2 aromatic heterocycles. The largest absolute Gasteiger partial charge is 0.456 e. The predicted octanol–water partition coefficient (Wildman–Crippen LogP) is 16.3. The highest BCUT2D eigenvalue weighted by Crippen LogP contribution is 2.44. The molecular formula is C56H35NO2. The van der Waals surface area contributed by atoms with E-state index in [1.165, 1.54) is 32.7 Å². The van der Waals surface area contributed by atoms with Crippen molar-refractivity contribution in [1.29, 1.82) is 0 Å². The van der Waals surface area contributed by atoms with Gasteiger partial charge in [-0.1, -0.05) is 158 Å². The van der Waals surface area contributed by atoms with Gasteiger partial charge in [0, 0.05) is 38.3 Å². The quantitative estimate of drug-likeness (QED) is 0.169. The van der Waals surface area contributed by atoms with Crippen LogP contribution < -0.4 is 4.90 Å². The minimum atomic E-state index is 0.863. The molecule has 3 heteroatoms. The first-order valence-corrected chi connectivity index (χ1v) is 20.1. The molecule has 0 bridgehead atoms. The summed E-state index contributed by atoms with van der Waals surface area (Å²) in [5, 5.41) is 9.31. The number of para-hydroxylation sites is 1. The first-order chi connectivity index (χ1) is 29.2. The third-order valence-corrected chi connectivity index (χ3v) is 11.9. The van der Waals surface area contributed by atoms with E-state index in [4.69, 9.17) is 8.83 Å². The fraction of sp³-hybridized carbons (Fsp3) is 0. The van der Waals surface area contributed by atoms with Crippen molar-refractivity contribution in [2.24, 2.45) is 0 Å². The van der Waals surface area contributed by atoms with Crippen molar-refractivity contribution in [1.82, 2.24) is 0 Å². The van der Waals surface area contributed by atoms with E-state index in [9.17, 15) is 0 Å². The smallest absolute Gasteiger partial charge is 0.136 e. The second-order valence-corrected chi connectivity index (χ2v) is 15.2. The van der Waals surface area contributed by atoms with Gasteiger partial charge in [-0.05, 0) is 104 Å². The number of nitrogens with zero attached hydrogens (tertiary/aromatic N) is 1. The maximum absolute atomic E-state index is 6.45. The second-order valence-electron chi connectivity index (χ2n) is 15.2. The van der Waals surface area contributed by atoms with E-state index >= 15 is 0 Å². The first-order valence-electron chi connectivity index (χ1n) is 20.1. The Bertz CT molecular complexity index is 3530. The zero-order chi connectivity index (χ0) is 38.9. The molecule has 0 fully saturated rings. The summed E-state index contributed by atoms with van der Waals surface area (Å²) in [4.78, 5) is 2.37. The summed E-state index contributed by atoms with van der Waals surface area (Å²) in [5.74, 6) is 0. The fourth-order valence-electron chi connectivity index (χ4n) is 9.11. The van der Waals surface area contributed by atoms with E-state index in [0.717, 1.165) is 83.2 Å². The average Bonchev–Trinajstić information content (AvgIpc) is 3.88. The molecular weight excluding hydrogens is 719 g/mol. The van der Waals surface area contributed by atoms with Crippen molar-refractivity contribution in [3.8, 4) is 33.4 Å². The van der Waals surface area contributed by atoms with Crippen LogP contribution in [-0.2, 0) is 0 Å². The Kier molecular flexibility index (Phi) is 7.54. The van der Waals surface area contributed by atoms with E-state index in [1.54, 1.807) is 0 Å². The molecule has 0 saturated carbocycles. The molecule has 0 N–H and O–H groups in total. The molecule has 3 nitrogen and oxygen atoms in total. The van der Waals surface area contributed by atoms with Gasteiger partial charge in [0.25, 0.3) is 0 Å². The van der Waals surface area contributed by atoms with Crippen LogP contribution in [0.3, 0.4) is 0 Å². The van der Waals surface area contributed by atoms with Crippen LogP contribution in [0.2, 0.25) is 0 Å². The summed E-state index contributed by atoms with van der Waals surface area (Å²) in [6.07, 6.45) is 0. The third-order valence-electron chi connectivity index (χ3n) is 11.9. The molecule has 12 aromatic rings. The Morgan fingerprint density at radius 1 is 0.271 bits per heavy atom. The lowest BCUT2D eigenvalue weighted by molar-refractivity contribution is 0.663. The summed E-state index contributed by atoms with van der Waals surface area (Å²) < 4.78 is 12.7. The maximum Gasteiger partial charge on any atom is 0.136 e. The molecule has 0 unspecified atom stereocenters. The van der Waals surface area contributed by atoms with E-state index in [-0.39, 0.29) is 0 Å². The standard InChI is InChI=1S/C56H35NO2/c1-3-14-44-38(10-1)12-7-17-45(44)40-28-32-43(33-29-40)57(49-19-8-13-39-11-2-4-15-46(39)49)42-30-26-37(27-31-42)36-22-24-41(25-23-36)47-18-9-21-51-54(47)56-53(59-51)35-34-52-55(56)48-16-5-6-20-50(48)58-52/h1-35H. The molecule has 0 radical (unpaired) electrons.